The molecule has 128 valence electrons. The van der Waals surface area contributed by atoms with Crippen LogP contribution in [0.25, 0.3) is 0 Å². The Bertz CT molecular complexity index is 645. The maximum Gasteiger partial charge on any atom is 0.309 e. The van der Waals surface area contributed by atoms with Crippen LogP contribution in [-0.2, 0) is 23.0 Å². The lowest BCUT2D eigenvalue weighted by atomic mass is 9.89. The highest BCUT2D eigenvalue weighted by atomic mass is 16.5. The van der Waals surface area contributed by atoms with E-state index in [0.717, 1.165) is 44.3 Å². The molecule has 1 atom stereocenters. The van der Waals surface area contributed by atoms with Gasteiger partial charge in [-0.1, -0.05) is 49.6 Å². The van der Waals surface area contributed by atoms with E-state index in [9.17, 15) is 4.79 Å². The van der Waals surface area contributed by atoms with Crippen LogP contribution in [0, 0.1) is 5.92 Å². The number of carbonyl (C=O) groups excluding carboxylic acids is 1. The molecule has 1 heterocycles. The summed E-state index contributed by atoms with van der Waals surface area (Å²) >= 11 is 0. The van der Waals surface area contributed by atoms with Gasteiger partial charge in [-0.3, -0.25) is 4.79 Å². The predicted octanol–water partition coefficient (Wildman–Crippen LogP) is 4.22. The first kappa shape index (κ1) is 16.7. The van der Waals surface area contributed by atoms with Crippen molar-refractivity contribution in [2.45, 2.75) is 51.0 Å². The highest BCUT2D eigenvalue weighted by molar-refractivity contribution is 5.72. The van der Waals surface area contributed by atoms with Gasteiger partial charge in [-0.05, 0) is 31.2 Å². The van der Waals surface area contributed by atoms with Gasteiger partial charge in [0.1, 0.15) is 5.82 Å². The smallest absolute Gasteiger partial charge is 0.309 e. The maximum atomic E-state index is 12.6. The number of carbonyl (C=O) groups is 1. The molecule has 0 amide bonds. The Hall–Kier alpha value is -2.10. The molecule has 1 saturated carbocycles. The normalized spacial score (nSPS) is 16.7. The zero-order valence-electron chi connectivity index (χ0n) is 14.4. The van der Waals surface area contributed by atoms with Crippen molar-refractivity contribution in [3.05, 3.63) is 54.1 Å². The van der Waals surface area contributed by atoms with Gasteiger partial charge >= 0.3 is 5.97 Å². The lowest BCUT2D eigenvalue weighted by molar-refractivity contribution is -0.156. The van der Waals surface area contributed by atoms with Crippen LogP contribution in [0.3, 0.4) is 0 Å². The van der Waals surface area contributed by atoms with Crippen molar-refractivity contribution in [1.29, 1.82) is 0 Å². The molecule has 0 N–H and O–H groups in total. The number of nitrogens with zero attached hydrogens (tertiary/aromatic N) is 2. The number of esters is 1. The Morgan fingerprint density at radius 1 is 1.25 bits per heavy atom. The Labute approximate surface area is 143 Å². The first-order valence-corrected chi connectivity index (χ1v) is 8.95. The van der Waals surface area contributed by atoms with E-state index in [4.69, 9.17) is 4.74 Å². The standard InChI is InChI=1S/C20H26N2O2/c1-22-15-14-21-19(22)18(13-12-16-8-4-2-5-9-16)24-20(23)17-10-6-3-7-11-17/h2,4-5,8-9,14-15,17-18H,3,6-7,10-13H2,1H3/t18-/m1/s1. The summed E-state index contributed by atoms with van der Waals surface area (Å²) in [6.45, 7) is 0. The summed E-state index contributed by atoms with van der Waals surface area (Å²) in [5, 5.41) is 0. The van der Waals surface area contributed by atoms with Gasteiger partial charge < -0.3 is 9.30 Å². The van der Waals surface area contributed by atoms with E-state index < -0.39 is 0 Å². The monoisotopic (exact) mass is 326 g/mol. The predicted molar refractivity (Wildman–Crippen MR) is 93.4 cm³/mol. The number of imidazole rings is 1. The van der Waals surface area contributed by atoms with Crippen molar-refractivity contribution in [1.82, 2.24) is 9.55 Å². The molecule has 0 saturated heterocycles. The van der Waals surface area contributed by atoms with Crippen LogP contribution in [0.1, 0.15) is 56.0 Å². The molecule has 24 heavy (non-hydrogen) atoms. The van der Waals surface area contributed by atoms with Crippen molar-refractivity contribution < 1.29 is 9.53 Å². The van der Waals surface area contributed by atoms with Crippen LogP contribution in [0.4, 0.5) is 0 Å². The van der Waals surface area contributed by atoms with Crippen molar-refractivity contribution in [3.63, 3.8) is 0 Å². The van der Waals surface area contributed by atoms with Gasteiger partial charge in [0, 0.05) is 19.4 Å². The maximum absolute atomic E-state index is 12.6. The van der Waals surface area contributed by atoms with Crippen LogP contribution in [-0.4, -0.2) is 15.5 Å². The molecule has 4 nitrogen and oxygen atoms in total. The quantitative estimate of drug-likeness (QED) is 0.747. The largest absolute Gasteiger partial charge is 0.454 e. The average Bonchev–Trinajstić information content (AvgIpc) is 3.06. The molecule has 1 aromatic heterocycles. The fourth-order valence-corrected chi connectivity index (χ4v) is 3.45. The van der Waals surface area contributed by atoms with Crippen molar-refractivity contribution in [3.8, 4) is 0 Å². The van der Waals surface area contributed by atoms with Gasteiger partial charge in [0.25, 0.3) is 0 Å². The van der Waals surface area contributed by atoms with Crippen molar-refractivity contribution in [2.24, 2.45) is 13.0 Å². The lowest BCUT2D eigenvalue weighted by Crippen LogP contribution is -2.24. The molecule has 1 fully saturated rings. The van der Waals surface area contributed by atoms with Crippen LogP contribution in [0.2, 0.25) is 0 Å². The average molecular weight is 326 g/mol. The number of ether oxygens (including phenoxy) is 1. The molecular formula is C20H26N2O2. The first-order valence-electron chi connectivity index (χ1n) is 8.95. The van der Waals surface area contributed by atoms with Crippen molar-refractivity contribution >= 4 is 5.97 Å². The summed E-state index contributed by atoms with van der Waals surface area (Å²) in [5.41, 5.74) is 1.26. The number of aryl methyl sites for hydroxylation is 2. The Morgan fingerprint density at radius 3 is 2.67 bits per heavy atom. The number of hydrogen-bond acceptors (Lipinski definition) is 3. The number of hydrogen-bond donors (Lipinski definition) is 0. The minimum Gasteiger partial charge on any atom is -0.454 e. The molecule has 0 bridgehead atoms. The SMILES string of the molecule is Cn1ccnc1[C@@H](CCc1ccccc1)OC(=O)C1CCCCC1. The van der Waals surface area contributed by atoms with Crippen LogP contribution >= 0.6 is 0 Å². The second-order valence-corrected chi connectivity index (χ2v) is 6.68. The summed E-state index contributed by atoms with van der Waals surface area (Å²) in [7, 11) is 1.95. The number of benzene rings is 1. The van der Waals surface area contributed by atoms with Gasteiger partial charge in [-0.15, -0.1) is 0 Å². The topological polar surface area (TPSA) is 44.1 Å². The van der Waals surface area contributed by atoms with Gasteiger partial charge in [-0.2, -0.15) is 0 Å². The summed E-state index contributed by atoms with van der Waals surface area (Å²) < 4.78 is 7.86. The highest BCUT2D eigenvalue weighted by Gasteiger charge is 2.27. The molecule has 4 heteroatoms. The van der Waals surface area contributed by atoms with E-state index in [0.29, 0.717) is 0 Å². The summed E-state index contributed by atoms with van der Waals surface area (Å²) in [6, 6.07) is 10.3. The molecule has 1 aliphatic carbocycles. The van der Waals surface area contributed by atoms with Crippen LogP contribution < -0.4 is 0 Å². The minimum absolute atomic E-state index is 0.0456. The molecule has 0 aliphatic heterocycles. The van der Waals surface area contributed by atoms with Gasteiger partial charge in [-0.25, -0.2) is 4.98 Å². The Kier molecular flexibility index (Phi) is 5.68. The molecule has 2 aromatic rings. The van der Waals surface area contributed by atoms with Gasteiger partial charge in [0.05, 0.1) is 5.92 Å². The molecule has 0 radical (unpaired) electrons. The third-order valence-electron chi connectivity index (χ3n) is 4.88. The van der Waals surface area contributed by atoms with E-state index in [1.807, 2.05) is 36.0 Å². The first-order chi connectivity index (χ1) is 11.7. The summed E-state index contributed by atoms with van der Waals surface area (Å²) in [4.78, 5) is 17.0. The summed E-state index contributed by atoms with van der Waals surface area (Å²) in [5.74, 6) is 0.851. The van der Waals surface area contributed by atoms with E-state index in [1.54, 1.807) is 6.20 Å². The number of rotatable bonds is 6. The van der Waals surface area contributed by atoms with E-state index >= 15 is 0 Å². The van der Waals surface area contributed by atoms with Gasteiger partial charge in [0.15, 0.2) is 6.10 Å². The zero-order chi connectivity index (χ0) is 16.8. The lowest BCUT2D eigenvalue weighted by Gasteiger charge is -2.24. The fraction of sp³-hybridized carbons (Fsp3) is 0.500. The van der Waals surface area contributed by atoms with E-state index in [-0.39, 0.29) is 18.0 Å². The third kappa shape index (κ3) is 4.25. The number of aromatic nitrogens is 2. The van der Waals surface area contributed by atoms with Crippen molar-refractivity contribution in [2.75, 3.05) is 0 Å². The minimum atomic E-state index is -0.278. The third-order valence-corrected chi connectivity index (χ3v) is 4.88. The highest BCUT2D eigenvalue weighted by Crippen LogP contribution is 2.29. The van der Waals surface area contributed by atoms with E-state index in [2.05, 4.69) is 17.1 Å². The van der Waals surface area contributed by atoms with Gasteiger partial charge in [0.2, 0.25) is 0 Å². The Morgan fingerprint density at radius 2 is 2.00 bits per heavy atom. The second-order valence-electron chi connectivity index (χ2n) is 6.68. The Balaban J connectivity index is 1.67. The van der Waals surface area contributed by atoms with Crippen LogP contribution in [0.15, 0.2) is 42.7 Å². The fourth-order valence-electron chi connectivity index (χ4n) is 3.45. The summed E-state index contributed by atoms with van der Waals surface area (Å²) in [6.07, 6.45) is 10.5. The molecule has 1 aromatic carbocycles. The zero-order valence-corrected chi connectivity index (χ0v) is 14.4. The molecule has 0 spiro atoms. The molecule has 3 rings (SSSR count). The molecule has 0 unspecified atom stereocenters. The molecular weight excluding hydrogens is 300 g/mol. The second kappa shape index (κ2) is 8.13. The van der Waals surface area contributed by atoms with E-state index in [1.165, 1.54) is 12.0 Å². The molecule has 1 aliphatic rings. The van der Waals surface area contributed by atoms with Crippen LogP contribution in [0.5, 0.6) is 0 Å².